The Labute approximate surface area is 135 Å². The SMILES string of the molecule is CCc1ccc(OC(CC)C(=O)NC(C(C)C)C(C)C)cc1. The third-order valence-electron chi connectivity index (χ3n) is 4.02. The highest BCUT2D eigenvalue weighted by atomic mass is 16.5. The van der Waals surface area contributed by atoms with Crippen LogP contribution in [0.2, 0.25) is 0 Å². The fourth-order valence-corrected chi connectivity index (χ4v) is 2.65. The minimum Gasteiger partial charge on any atom is -0.481 e. The van der Waals surface area contributed by atoms with Crippen molar-refractivity contribution in [3.05, 3.63) is 29.8 Å². The van der Waals surface area contributed by atoms with Gasteiger partial charge >= 0.3 is 0 Å². The Balaban J connectivity index is 2.71. The van der Waals surface area contributed by atoms with E-state index < -0.39 is 6.10 Å². The molecule has 0 aliphatic heterocycles. The number of aryl methyl sites for hydroxylation is 1. The van der Waals surface area contributed by atoms with Crippen molar-refractivity contribution in [2.45, 2.75) is 66.5 Å². The van der Waals surface area contributed by atoms with Crippen LogP contribution in [0.25, 0.3) is 0 Å². The van der Waals surface area contributed by atoms with E-state index in [1.165, 1.54) is 5.56 Å². The van der Waals surface area contributed by atoms with Gasteiger partial charge in [0.1, 0.15) is 5.75 Å². The lowest BCUT2D eigenvalue weighted by atomic mass is 9.93. The van der Waals surface area contributed by atoms with E-state index in [-0.39, 0.29) is 11.9 Å². The van der Waals surface area contributed by atoms with E-state index in [1.807, 2.05) is 31.2 Å². The number of rotatable bonds is 8. The van der Waals surface area contributed by atoms with Gasteiger partial charge in [-0.15, -0.1) is 0 Å². The van der Waals surface area contributed by atoms with Gasteiger partial charge in [0.2, 0.25) is 0 Å². The summed E-state index contributed by atoms with van der Waals surface area (Å²) in [7, 11) is 0. The smallest absolute Gasteiger partial charge is 0.261 e. The summed E-state index contributed by atoms with van der Waals surface area (Å²) in [5, 5.41) is 3.15. The monoisotopic (exact) mass is 305 g/mol. The Kier molecular flexibility index (Phi) is 7.43. The average Bonchev–Trinajstić information content (AvgIpc) is 2.49. The second-order valence-electron chi connectivity index (χ2n) is 6.53. The van der Waals surface area contributed by atoms with Gasteiger partial charge in [0, 0.05) is 6.04 Å². The molecule has 22 heavy (non-hydrogen) atoms. The van der Waals surface area contributed by atoms with Gasteiger partial charge in [0.25, 0.3) is 5.91 Å². The largest absolute Gasteiger partial charge is 0.481 e. The molecule has 1 rings (SSSR count). The van der Waals surface area contributed by atoms with Gasteiger partial charge in [-0.1, -0.05) is 53.7 Å². The zero-order valence-corrected chi connectivity index (χ0v) is 14.8. The Hall–Kier alpha value is -1.51. The summed E-state index contributed by atoms with van der Waals surface area (Å²) in [6, 6.07) is 8.15. The van der Waals surface area contributed by atoms with Crippen molar-refractivity contribution < 1.29 is 9.53 Å². The van der Waals surface area contributed by atoms with E-state index in [2.05, 4.69) is 39.9 Å². The van der Waals surface area contributed by atoms with Gasteiger partial charge in [0.05, 0.1) is 0 Å². The quantitative estimate of drug-likeness (QED) is 0.781. The van der Waals surface area contributed by atoms with Crippen LogP contribution in [0, 0.1) is 11.8 Å². The van der Waals surface area contributed by atoms with Gasteiger partial charge in [-0.2, -0.15) is 0 Å². The Morgan fingerprint density at radius 1 is 1.05 bits per heavy atom. The summed E-state index contributed by atoms with van der Waals surface area (Å²) in [6.45, 7) is 12.6. The lowest BCUT2D eigenvalue weighted by molar-refractivity contribution is -0.129. The third-order valence-corrected chi connectivity index (χ3v) is 4.02. The molecule has 1 aromatic carbocycles. The van der Waals surface area contributed by atoms with Crippen molar-refractivity contribution in [2.24, 2.45) is 11.8 Å². The molecule has 0 heterocycles. The molecule has 0 aliphatic carbocycles. The van der Waals surface area contributed by atoms with Crippen LogP contribution in [-0.4, -0.2) is 18.1 Å². The van der Waals surface area contributed by atoms with Crippen LogP contribution < -0.4 is 10.1 Å². The summed E-state index contributed by atoms with van der Waals surface area (Å²) in [5.74, 6) is 1.55. The fourth-order valence-electron chi connectivity index (χ4n) is 2.65. The molecule has 3 nitrogen and oxygen atoms in total. The van der Waals surface area contributed by atoms with Crippen molar-refractivity contribution in [3.8, 4) is 5.75 Å². The molecule has 1 amide bonds. The normalized spacial score (nSPS) is 12.8. The molecule has 0 spiro atoms. The molecule has 0 saturated carbocycles. The molecule has 0 saturated heterocycles. The molecule has 0 radical (unpaired) electrons. The molecular formula is C19H31NO2. The minimum atomic E-state index is -0.438. The van der Waals surface area contributed by atoms with Gasteiger partial charge in [-0.05, 0) is 42.4 Å². The summed E-state index contributed by atoms with van der Waals surface area (Å²) in [6.07, 6.45) is 1.22. The van der Waals surface area contributed by atoms with E-state index in [0.717, 1.165) is 12.2 Å². The predicted molar refractivity (Wildman–Crippen MR) is 92.1 cm³/mol. The molecule has 0 aromatic heterocycles. The van der Waals surface area contributed by atoms with E-state index in [1.54, 1.807) is 0 Å². The zero-order valence-electron chi connectivity index (χ0n) is 14.8. The van der Waals surface area contributed by atoms with E-state index >= 15 is 0 Å². The highest BCUT2D eigenvalue weighted by molar-refractivity contribution is 5.81. The Morgan fingerprint density at radius 3 is 2.00 bits per heavy atom. The lowest BCUT2D eigenvalue weighted by Gasteiger charge is -2.28. The summed E-state index contributed by atoms with van der Waals surface area (Å²) in [4.78, 5) is 12.5. The molecule has 1 unspecified atom stereocenters. The second-order valence-corrected chi connectivity index (χ2v) is 6.53. The summed E-state index contributed by atoms with van der Waals surface area (Å²) < 4.78 is 5.87. The first-order chi connectivity index (χ1) is 10.4. The average molecular weight is 305 g/mol. The van der Waals surface area contributed by atoms with Gasteiger partial charge in [0.15, 0.2) is 6.10 Å². The highest BCUT2D eigenvalue weighted by Crippen LogP contribution is 2.17. The van der Waals surface area contributed by atoms with Crippen LogP contribution >= 0.6 is 0 Å². The first-order valence-electron chi connectivity index (χ1n) is 8.44. The highest BCUT2D eigenvalue weighted by Gasteiger charge is 2.25. The van der Waals surface area contributed by atoms with Crippen molar-refractivity contribution in [1.82, 2.24) is 5.32 Å². The van der Waals surface area contributed by atoms with Crippen LogP contribution in [0.15, 0.2) is 24.3 Å². The molecule has 0 bridgehead atoms. The van der Waals surface area contributed by atoms with Crippen molar-refractivity contribution in [2.75, 3.05) is 0 Å². The molecule has 0 aliphatic rings. The molecular weight excluding hydrogens is 274 g/mol. The van der Waals surface area contributed by atoms with Gasteiger partial charge in [-0.3, -0.25) is 4.79 Å². The van der Waals surface area contributed by atoms with Crippen molar-refractivity contribution in [1.29, 1.82) is 0 Å². The Bertz CT molecular complexity index is 443. The maximum Gasteiger partial charge on any atom is 0.261 e. The van der Waals surface area contributed by atoms with Gasteiger partial charge in [-0.25, -0.2) is 0 Å². The standard InChI is InChI=1S/C19H31NO2/c1-7-15-9-11-16(12-10-15)22-17(8-2)19(21)20-18(13(3)4)14(5)6/h9-14,17-18H,7-8H2,1-6H3,(H,20,21). The van der Waals surface area contributed by atoms with E-state index in [4.69, 9.17) is 4.74 Å². The van der Waals surface area contributed by atoms with Crippen molar-refractivity contribution >= 4 is 5.91 Å². The second kappa shape index (κ2) is 8.82. The molecule has 124 valence electrons. The fraction of sp³-hybridized carbons (Fsp3) is 0.632. The number of carbonyl (C=O) groups is 1. The predicted octanol–water partition coefficient (Wildman–Crippen LogP) is 4.20. The third kappa shape index (κ3) is 5.36. The summed E-state index contributed by atoms with van der Waals surface area (Å²) >= 11 is 0. The molecule has 3 heteroatoms. The molecule has 1 aromatic rings. The van der Waals surface area contributed by atoms with Crippen molar-refractivity contribution in [3.63, 3.8) is 0 Å². The van der Waals surface area contributed by atoms with Crippen LogP contribution in [-0.2, 0) is 11.2 Å². The lowest BCUT2D eigenvalue weighted by Crippen LogP contribution is -2.48. The number of hydrogen-bond acceptors (Lipinski definition) is 2. The molecule has 1 atom stereocenters. The molecule has 1 N–H and O–H groups in total. The van der Waals surface area contributed by atoms with Crippen LogP contribution in [0.1, 0.15) is 53.5 Å². The van der Waals surface area contributed by atoms with Crippen LogP contribution in [0.5, 0.6) is 5.75 Å². The summed E-state index contributed by atoms with van der Waals surface area (Å²) in [5.41, 5.74) is 1.27. The first-order valence-corrected chi connectivity index (χ1v) is 8.44. The number of ether oxygens (including phenoxy) is 1. The number of hydrogen-bond donors (Lipinski definition) is 1. The maximum atomic E-state index is 12.5. The first kappa shape index (κ1) is 18.5. The zero-order chi connectivity index (χ0) is 16.7. The van der Waals surface area contributed by atoms with E-state index in [9.17, 15) is 4.79 Å². The minimum absolute atomic E-state index is 0.0190. The number of carbonyl (C=O) groups excluding carboxylic acids is 1. The number of amides is 1. The van der Waals surface area contributed by atoms with Crippen LogP contribution in [0.4, 0.5) is 0 Å². The maximum absolute atomic E-state index is 12.5. The number of benzene rings is 1. The topological polar surface area (TPSA) is 38.3 Å². The Morgan fingerprint density at radius 2 is 1.59 bits per heavy atom. The van der Waals surface area contributed by atoms with E-state index in [0.29, 0.717) is 18.3 Å². The van der Waals surface area contributed by atoms with Crippen LogP contribution in [0.3, 0.4) is 0 Å². The number of nitrogens with one attached hydrogen (secondary N) is 1. The molecule has 0 fully saturated rings. The van der Waals surface area contributed by atoms with Gasteiger partial charge < -0.3 is 10.1 Å².